The first-order chi connectivity index (χ1) is 17.9. The van der Waals surface area contributed by atoms with Crippen molar-refractivity contribution in [2.24, 2.45) is 5.92 Å². The molecule has 6 atom stereocenters. The van der Waals surface area contributed by atoms with Gasteiger partial charge in [0.05, 0.1) is 5.41 Å². The highest BCUT2D eigenvalue weighted by atomic mass is 16.5. The molecular weight excluding hydrogens is 466 g/mol. The first-order valence-corrected chi connectivity index (χ1v) is 14.0. The third kappa shape index (κ3) is 2.85. The molecule has 4 aliphatic heterocycles. The molecule has 2 saturated carbocycles. The number of hydrogen-bond acceptors (Lipinski definition) is 6. The van der Waals surface area contributed by atoms with Gasteiger partial charge < -0.3 is 25.6 Å². The summed E-state index contributed by atoms with van der Waals surface area (Å²) in [5.41, 5.74) is 1.57. The molecule has 4 N–H and O–H groups in total. The van der Waals surface area contributed by atoms with Crippen molar-refractivity contribution < 1.29 is 19.7 Å². The highest BCUT2D eigenvalue weighted by Crippen LogP contribution is 2.69. The Morgan fingerprint density at radius 2 is 1.97 bits per heavy atom. The molecule has 194 valence electrons. The lowest BCUT2D eigenvalue weighted by atomic mass is 9.41. The number of aromatic hydroxyl groups is 1. The minimum atomic E-state index is -1.19. The molecule has 0 radical (unpaired) electrons. The maximum absolute atomic E-state index is 13.2. The summed E-state index contributed by atoms with van der Waals surface area (Å²) in [6.45, 7) is 2.58. The highest BCUT2D eigenvalue weighted by Gasteiger charge is 2.80. The zero-order chi connectivity index (χ0) is 25.0. The van der Waals surface area contributed by atoms with Gasteiger partial charge in [-0.25, -0.2) is 0 Å². The monoisotopic (exact) mass is 501 g/mol. The zero-order valence-electron chi connectivity index (χ0n) is 21.1. The molecule has 0 aromatic heterocycles. The summed E-state index contributed by atoms with van der Waals surface area (Å²) in [6.07, 6.45) is 5.63. The second-order valence-corrected chi connectivity index (χ2v) is 12.5. The van der Waals surface area contributed by atoms with Gasteiger partial charge >= 0.3 is 0 Å². The van der Waals surface area contributed by atoms with Crippen LogP contribution in [0.2, 0.25) is 0 Å². The number of rotatable bonds is 6. The number of aliphatic hydroxyl groups is 1. The van der Waals surface area contributed by atoms with Crippen LogP contribution in [0.5, 0.6) is 11.5 Å². The summed E-state index contributed by atoms with van der Waals surface area (Å²) in [7, 11) is 0. The van der Waals surface area contributed by atoms with E-state index in [9.17, 15) is 15.0 Å². The zero-order valence-corrected chi connectivity index (χ0v) is 21.1. The van der Waals surface area contributed by atoms with E-state index in [0.29, 0.717) is 18.7 Å². The maximum atomic E-state index is 13.2. The average Bonchev–Trinajstić information content (AvgIpc) is 3.64. The van der Waals surface area contributed by atoms with E-state index in [2.05, 4.69) is 21.6 Å². The molecule has 7 nitrogen and oxygen atoms in total. The van der Waals surface area contributed by atoms with Crippen LogP contribution >= 0.6 is 0 Å². The van der Waals surface area contributed by atoms with Crippen molar-refractivity contribution in [1.29, 1.82) is 0 Å². The van der Waals surface area contributed by atoms with Gasteiger partial charge in [-0.1, -0.05) is 36.4 Å². The number of fused-ring (bicyclic) bond motifs is 2. The summed E-state index contributed by atoms with van der Waals surface area (Å²) < 4.78 is 6.62. The molecule has 2 aromatic carbocycles. The van der Waals surface area contributed by atoms with E-state index in [4.69, 9.17) is 4.74 Å². The number of ether oxygens (including phenoxy) is 1. The number of carbonyl (C=O) groups excluding carboxylic acids is 1. The Morgan fingerprint density at radius 3 is 2.78 bits per heavy atom. The number of likely N-dealkylation sites (tertiary alicyclic amines) is 1. The molecular formula is C30H35N3O4. The van der Waals surface area contributed by atoms with E-state index in [-0.39, 0.29) is 35.1 Å². The standard InChI is InChI=1S/C30H35N3O4/c34-21-9-8-20-14-23-30-11-10-29(36,22(32-30)15-24(35)31-16-18-4-2-1-3-5-18)27-28(30,25(20)26(21)37-27)12-13-33(23)17-19-6-7-19/h1-5,8-9,19,22-23,27,32,34,36H,6-7,10-17H2,(H,31,35)/t22-,23?,27?,28?,29+,30+/m0/s1. The van der Waals surface area contributed by atoms with E-state index in [1.54, 1.807) is 6.07 Å². The number of piperidine rings is 3. The number of benzene rings is 2. The van der Waals surface area contributed by atoms with Crippen LogP contribution in [0.4, 0.5) is 0 Å². The molecule has 2 aromatic rings. The van der Waals surface area contributed by atoms with Gasteiger partial charge in [0, 0.05) is 42.7 Å². The lowest BCUT2D eigenvalue weighted by molar-refractivity contribution is -0.234. The number of phenolic OH excluding ortho intramolecular Hbond substituents is 1. The first-order valence-electron chi connectivity index (χ1n) is 14.0. The van der Waals surface area contributed by atoms with E-state index < -0.39 is 17.7 Å². The Kier molecular flexibility index (Phi) is 4.53. The van der Waals surface area contributed by atoms with Gasteiger partial charge in [0.1, 0.15) is 11.7 Å². The lowest BCUT2D eigenvalue weighted by Gasteiger charge is -2.73. The number of nitrogens with one attached hydrogen (secondary N) is 2. The summed E-state index contributed by atoms with van der Waals surface area (Å²) in [5, 5.41) is 30.2. The Bertz CT molecular complexity index is 1280. The quantitative estimate of drug-likeness (QED) is 0.486. The van der Waals surface area contributed by atoms with Crippen molar-refractivity contribution in [2.75, 3.05) is 13.1 Å². The maximum Gasteiger partial charge on any atom is 0.221 e. The fourth-order valence-corrected chi connectivity index (χ4v) is 8.94. The number of phenols is 1. The van der Waals surface area contributed by atoms with E-state index in [0.717, 1.165) is 49.4 Å². The Morgan fingerprint density at radius 1 is 1.14 bits per heavy atom. The second-order valence-electron chi connectivity index (χ2n) is 12.5. The number of hydrogen-bond donors (Lipinski definition) is 4. The first kappa shape index (κ1) is 22.4. The lowest BCUT2D eigenvalue weighted by Crippen LogP contribution is -2.91. The van der Waals surface area contributed by atoms with Crippen LogP contribution in [0.1, 0.15) is 55.2 Å². The van der Waals surface area contributed by atoms with Crippen molar-refractivity contribution in [2.45, 2.75) is 86.2 Å². The van der Waals surface area contributed by atoms with Gasteiger partial charge in [-0.3, -0.25) is 9.69 Å². The molecule has 5 fully saturated rings. The van der Waals surface area contributed by atoms with Crippen molar-refractivity contribution in [3.63, 3.8) is 0 Å². The second kappa shape index (κ2) is 7.49. The molecule has 9 rings (SSSR count). The Balaban J connectivity index is 1.17. The summed E-state index contributed by atoms with van der Waals surface area (Å²) in [6, 6.07) is 13.6. The predicted molar refractivity (Wildman–Crippen MR) is 137 cm³/mol. The normalized spacial score (nSPS) is 38.7. The minimum absolute atomic E-state index is 0.0670. The van der Waals surface area contributed by atoms with Crippen LogP contribution < -0.4 is 15.4 Å². The van der Waals surface area contributed by atoms with Crippen LogP contribution in [0.25, 0.3) is 0 Å². The molecule has 7 aliphatic rings. The Hall–Kier alpha value is -2.61. The van der Waals surface area contributed by atoms with Gasteiger partial charge in [-0.2, -0.15) is 0 Å². The number of nitrogens with zero attached hydrogens (tertiary/aromatic N) is 1. The van der Waals surface area contributed by atoms with Crippen molar-refractivity contribution in [3.05, 3.63) is 59.2 Å². The molecule has 7 heteroatoms. The number of carbonyl (C=O) groups is 1. The largest absolute Gasteiger partial charge is 0.504 e. The van der Waals surface area contributed by atoms with Gasteiger partial charge in [-0.15, -0.1) is 0 Å². The van der Waals surface area contributed by atoms with Crippen LogP contribution in [-0.4, -0.2) is 63.4 Å². The van der Waals surface area contributed by atoms with Crippen molar-refractivity contribution in [3.8, 4) is 11.5 Å². The van der Waals surface area contributed by atoms with Crippen LogP contribution in [0, 0.1) is 5.92 Å². The fraction of sp³-hybridized carbons (Fsp3) is 0.567. The van der Waals surface area contributed by atoms with Crippen LogP contribution in [-0.2, 0) is 23.2 Å². The van der Waals surface area contributed by atoms with Gasteiger partial charge in [0.15, 0.2) is 11.5 Å². The molecule has 2 spiro atoms. The molecule has 4 bridgehead atoms. The number of amides is 1. The van der Waals surface area contributed by atoms with Gasteiger partial charge in [-0.05, 0) is 68.2 Å². The molecule has 3 saturated heterocycles. The van der Waals surface area contributed by atoms with E-state index in [1.807, 2.05) is 30.3 Å². The van der Waals surface area contributed by atoms with Crippen LogP contribution in [0.3, 0.4) is 0 Å². The summed E-state index contributed by atoms with van der Waals surface area (Å²) in [5.74, 6) is 1.46. The Labute approximate surface area is 217 Å². The predicted octanol–water partition coefficient (Wildman–Crippen LogP) is 2.37. The molecule has 1 amide bonds. The van der Waals surface area contributed by atoms with E-state index in [1.165, 1.54) is 18.4 Å². The smallest absolute Gasteiger partial charge is 0.221 e. The summed E-state index contributed by atoms with van der Waals surface area (Å²) in [4.78, 5) is 15.9. The molecule has 4 heterocycles. The molecule has 37 heavy (non-hydrogen) atoms. The fourth-order valence-electron chi connectivity index (χ4n) is 8.94. The SMILES string of the molecule is O=C(C[C@@H]1N[C@@]23CC[C@]1(O)C1Oc4c(O)ccc5c4C12CCN(CC1CC1)C3C5)NCc1ccccc1. The highest BCUT2D eigenvalue weighted by molar-refractivity contribution is 5.77. The van der Waals surface area contributed by atoms with Crippen molar-refractivity contribution in [1.82, 2.24) is 15.5 Å². The minimum Gasteiger partial charge on any atom is -0.504 e. The van der Waals surface area contributed by atoms with Crippen molar-refractivity contribution >= 4 is 5.91 Å². The summed E-state index contributed by atoms with van der Waals surface area (Å²) >= 11 is 0. The third-order valence-corrected chi connectivity index (χ3v) is 10.7. The van der Waals surface area contributed by atoms with Crippen LogP contribution in [0.15, 0.2) is 42.5 Å². The third-order valence-electron chi connectivity index (χ3n) is 10.7. The molecule has 3 unspecified atom stereocenters. The van der Waals surface area contributed by atoms with E-state index >= 15 is 0 Å². The molecule has 3 aliphatic carbocycles. The van der Waals surface area contributed by atoms with Gasteiger partial charge in [0.2, 0.25) is 5.91 Å². The topological polar surface area (TPSA) is 94.1 Å². The average molecular weight is 502 g/mol. The van der Waals surface area contributed by atoms with Gasteiger partial charge in [0.25, 0.3) is 0 Å².